The molecular weight excluding hydrogens is 240 g/mol. The molecule has 6 heteroatoms. The van der Waals surface area contributed by atoms with Crippen LogP contribution in [0.5, 0.6) is 0 Å². The molecule has 2 amide bonds. The average Bonchev–Trinajstić information content (AvgIpc) is 1.81. The molecular formula is C7H13BrN2O3. The van der Waals surface area contributed by atoms with Crippen LogP contribution in [0.15, 0.2) is 4.99 Å². The Hall–Kier alpha value is -0.460. The monoisotopic (exact) mass is 252 g/mol. The highest BCUT2D eigenvalue weighted by atomic mass is 79.9. The zero-order valence-corrected chi connectivity index (χ0v) is 9.32. The molecule has 0 aliphatic heterocycles. The minimum Gasteiger partial charge on any atom is -0.374 e. The molecule has 0 radical (unpaired) electrons. The van der Waals surface area contributed by atoms with Gasteiger partial charge in [-0.05, 0) is 36.7 Å². The van der Waals surface area contributed by atoms with Gasteiger partial charge in [0.25, 0.3) is 0 Å². The minimum atomic E-state index is -1.07. The molecule has 0 fully saturated rings. The van der Waals surface area contributed by atoms with E-state index in [1.807, 2.05) is 0 Å². The minimum absolute atomic E-state index is 0.392. The smallest absolute Gasteiger partial charge is 0.348 e. The summed E-state index contributed by atoms with van der Waals surface area (Å²) in [6.07, 6.45) is -2.13. The number of nitrogens with zero attached hydrogens (tertiary/aromatic N) is 2. The van der Waals surface area contributed by atoms with Gasteiger partial charge in [0.05, 0.1) is 4.62 Å². The molecule has 2 N–H and O–H groups in total. The lowest BCUT2D eigenvalue weighted by atomic mass is 10.4. The van der Waals surface area contributed by atoms with Crippen molar-refractivity contribution in [2.75, 3.05) is 0 Å². The van der Waals surface area contributed by atoms with Crippen LogP contribution in [0, 0.1) is 0 Å². The molecule has 0 saturated heterocycles. The lowest BCUT2D eigenvalue weighted by molar-refractivity contribution is -0.0490. The van der Waals surface area contributed by atoms with Gasteiger partial charge in [0.2, 0.25) is 0 Å². The number of rotatable bonds is 2. The maximum absolute atomic E-state index is 11.2. The quantitative estimate of drug-likeness (QED) is 0.567. The van der Waals surface area contributed by atoms with Crippen molar-refractivity contribution in [2.24, 2.45) is 4.99 Å². The maximum Gasteiger partial charge on any atom is 0.348 e. The number of aliphatic imine (C=N–C) groups is 1. The number of aliphatic hydroxyl groups excluding tert-OH is 2. The molecule has 0 bridgehead atoms. The molecule has 0 aliphatic rings. The fourth-order valence-corrected chi connectivity index (χ4v) is 0.973. The zero-order chi connectivity index (χ0) is 10.6. The topological polar surface area (TPSA) is 73.1 Å². The van der Waals surface area contributed by atoms with E-state index in [9.17, 15) is 4.79 Å². The Bertz CT molecular complexity index is 204. The zero-order valence-electron chi connectivity index (χ0n) is 7.73. The SMILES string of the molecule is C/C(Br)=N\C(=O)N(C(C)O)C(C)O. The van der Waals surface area contributed by atoms with Crippen LogP contribution in [0.4, 0.5) is 4.79 Å². The van der Waals surface area contributed by atoms with Crippen LogP contribution in [-0.2, 0) is 0 Å². The van der Waals surface area contributed by atoms with E-state index in [-0.39, 0.29) is 0 Å². The molecule has 0 saturated carbocycles. The summed E-state index contributed by atoms with van der Waals surface area (Å²) in [4.78, 5) is 15.6. The number of urea groups is 1. The summed E-state index contributed by atoms with van der Waals surface area (Å²) in [6, 6.07) is -0.681. The number of carbonyl (C=O) groups is 1. The van der Waals surface area contributed by atoms with Crippen LogP contribution in [0.1, 0.15) is 20.8 Å². The fraction of sp³-hybridized carbons (Fsp3) is 0.714. The van der Waals surface area contributed by atoms with Crippen molar-refractivity contribution < 1.29 is 15.0 Å². The van der Waals surface area contributed by atoms with E-state index >= 15 is 0 Å². The number of amides is 2. The standard InChI is InChI=1S/C7H13BrN2O3/c1-4(8)9-7(13)10(5(2)11)6(3)12/h5-6,11-12H,1-3H3/b9-4+. The van der Waals surface area contributed by atoms with E-state index in [2.05, 4.69) is 20.9 Å². The van der Waals surface area contributed by atoms with Gasteiger partial charge in [-0.2, -0.15) is 4.99 Å². The molecule has 5 nitrogen and oxygen atoms in total. The van der Waals surface area contributed by atoms with Crippen LogP contribution in [-0.4, -0.2) is 38.2 Å². The first kappa shape index (κ1) is 12.5. The number of hydrogen-bond donors (Lipinski definition) is 2. The molecule has 0 rings (SSSR count). The van der Waals surface area contributed by atoms with Crippen molar-refractivity contribution in [1.29, 1.82) is 0 Å². The second kappa shape index (κ2) is 5.31. The molecule has 0 aromatic carbocycles. The van der Waals surface area contributed by atoms with Crippen LogP contribution in [0.25, 0.3) is 0 Å². The predicted octanol–water partition coefficient (Wildman–Crippen LogP) is 0.898. The highest BCUT2D eigenvalue weighted by Crippen LogP contribution is 2.05. The highest BCUT2D eigenvalue weighted by molar-refractivity contribution is 9.18. The van der Waals surface area contributed by atoms with E-state index in [4.69, 9.17) is 10.2 Å². The summed E-state index contributed by atoms with van der Waals surface area (Å²) in [5.41, 5.74) is 0. The Morgan fingerprint density at radius 2 is 1.77 bits per heavy atom. The summed E-state index contributed by atoms with van der Waals surface area (Å²) >= 11 is 2.98. The first-order valence-electron chi connectivity index (χ1n) is 3.75. The van der Waals surface area contributed by atoms with Crippen molar-refractivity contribution in [3.05, 3.63) is 0 Å². The van der Waals surface area contributed by atoms with E-state index in [1.54, 1.807) is 6.92 Å². The van der Waals surface area contributed by atoms with Crippen LogP contribution in [0.2, 0.25) is 0 Å². The maximum atomic E-state index is 11.2. The van der Waals surface area contributed by atoms with Crippen molar-refractivity contribution in [3.63, 3.8) is 0 Å². The average molecular weight is 253 g/mol. The first-order chi connectivity index (χ1) is 5.86. The fourth-order valence-electron chi connectivity index (χ4n) is 0.821. The van der Waals surface area contributed by atoms with Gasteiger partial charge in [0.15, 0.2) is 0 Å². The lowest BCUT2D eigenvalue weighted by Crippen LogP contribution is -2.43. The summed E-state index contributed by atoms with van der Waals surface area (Å²) in [7, 11) is 0. The largest absolute Gasteiger partial charge is 0.374 e. The van der Waals surface area contributed by atoms with Crippen LogP contribution in [0.3, 0.4) is 0 Å². The van der Waals surface area contributed by atoms with Crippen LogP contribution < -0.4 is 0 Å². The van der Waals surface area contributed by atoms with Gasteiger partial charge >= 0.3 is 6.03 Å². The molecule has 13 heavy (non-hydrogen) atoms. The Labute approximate surface area is 85.2 Å². The molecule has 0 heterocycles. The van der Waals surface area contributed by atoms with Gasteiger partial charge in [-0.1, -0.05) is 0 Å². The van der Waals surface area contributed by atoms with Gasteiger partial charge in [-0.3, -0.25) is 4.90 Å². The summed E-state index contributed by atoms with van der Waals surface area (Å²) < 4.78 is 0.392. The second-order valence-electron chi connectivity index (χ2n) is 2.56. The van der Waals surface area contributed by atoms with E-state index in [1.165, 1.54) is 13.8 Å². The molecule has 0 aromatic rings. The van der Waals surface area contributed by atoms with Gasteiger partial charge in [0.1, 0.15) is 12.5 Å². The number of hydrogen-bond acceptors (Lipinski definition) is 3. The van der Waals surface area contributed by atoms with Gasteiger partial charge in [0, 0.05) is 0 Å². The van der Waals surface area contributed by atoms with Crippen molar-refractivity contribution in [3.8, 4) is 0 Å². The van der Waals surface area contributed by atoms with Crippen LogP contribution >= 0.6 is 15.9 Å². The Balaban J connectivity index is 4.57. The highest BCUT2D eigenvalue weighted by Gasteiger charge is 2.21. The number of halogens is 1. The first-order valence-corrected chi connectivity index (χ1v) is 4.54. The third-order valence-electron chi connectivity index (χ3n) is 1.28. The second-order valence-corrected chi connectivity index (χ2v) is 3.71. The van der Waals surface area contributed by atoms with Gasteiger partial charge in [-0.15, -0.1) is 0 Å². The molecule has 76 valence electrons. The summed E-state index contributed by atoms with van der Waals surface area (Å²) in [6.45, 7) is 4.34. The molecule has 2 unspecified atom stereocenters. The Morgan fingerprint density at radius 3 is 2.00 bits per heavy atom. The lowest BCUT2D eigenvalue weighted by Gasteiger charge is -2.25. The van der Waals surface area contributed by atoms with E-state index in [0.29, 0.717) is 4.62 Å². The van der Waals surface area contributed by atoms with E-state index < -0.39 is 18.5 Å². The number of carbonyl (C=O) groups excluding carboxylic acids is 1. The third kappa shape index (κ3) is 4.35. The molecule has 0 aliphatic carbocycles. The summed E-state index contributed by atoms with van der Waals surface area (Å²) in [5, 5.41) is 18.3. The van der Waals surface area contributed by atoms with E-state index in [0.717, 1.165) is 4.90 Å². The molecule has 0 spiro atoms. The van der Waals surface area contributed by atoms with Crippen molar-refractivity contribution in [2.45, 2.75) is 33.2 Å². The molecule has 2 atom stereocenters. The van der Waals surface area contributed by atoms with Gasteiger partial charge < -0.3 is 10.2 Å². The Kier molecular flexibility index (Phi) is 5.12. The summed E-state index contributed by atoms with van der Waals surface area (Å²) in [5.74, 6) is 0. The van der Waals surface area contributed by atoms with Gasteiger partial charge in [-0.25, -0.2) is 4.79 Å². The third-order valence-corrected chi connectivity index (χ3v) is 1.45. The normalized spacial score (nSPS) is 16.6. The predicted molar refractivity (Wildman–Crippen MR) is 52.6 cm³/mol. The Morgan fingerprint density at radius 1 is 1.38 bits per heavy atom. The van der Waals surface area contributed by atoms with Crippen molar-refractivity contribution in [1.82, 2.24) is 4.90 Å². The number of aliphatic hydroxyl groups is 2. The molecule has 0 aromatic heterocycles. The van der Waals surface area contributed by atoms with Crippen molar-refractivity contribution >= 4 is 26.6 Å².